The summed E-state index contributed by atoms with van der Waals surface area (Å²) in [7, 11) is 0. The smallest absolute Gasteiger partial charge is 0.240 e. The number of rotatable bonds is 4. The van der Waals surface area contributed by atoms with E-state index in [0.717, 1.165) is 30.0 Å². The third-order valence-corrected chi connectivity index (χ3v) is 4.24. The Morgan fingerprint density at radius 2 is 2.19 bits per heavy atom. The zero-order valence-electron chi connectivity index (χ0n) is 12.9. The van der Waals surface area contributed by atoms with Gasteiger partial charge in [-0.3, -0.25) is 4.79 Å². The predicted molar refractivity (Wildman–Crippen MR) is 87.4 cm³/mol. The van der Waals surface area contributed by atoms with E-state index in [-0.39, 0.29) is 18.0 Å². The fourth-order valence-electron chi connectivity index (χ4n) is 2.79. The van der Waals surface area contributed by atoms with Crippen molar-refractivity contribution in [1.29, 1.82) is 0 Å². The summed E-state index contributed by atoms with van der Waals surface area (Å²) in [4.78, 5) is 14.8. The van der Waals surface area contributed by atoms with E-state index in [1.165, 1.54) is 12.8 Å². The first-order chi connectivity index (χ1) is 10.1. The molecule has 1 aliphatic heterocycles. The lowest BCUT2D eigenvalue weighted by Gasteiger charge is -2.31. The van der Waals surface area contributed by atoms with Gasteiger partial charge in [0.1, 0.15) is 0 Å². The summed E-state index contributed by atoms with van der Waals surface area (Å²) in [6.45, 7) is 5.70. The topological polar surface area (TPSA) is 32.3 Å². The molecule has 1 aliphatic rings. The Hall–Kier alpha value is -1.06. The fraction of sp³-hybridized carbons (Fsp3) is 0.588. The number of nitrogens with one attached hydrogen (secondary N) is 1. The largest absolute Gasteiger partial charge is 0.335 e. The predicted octanol–water partition coefficient (Wildman–Crippen LogP) is 3.61. The van der Waals surface area contributed by atoms with Gasteiger partial charge in [-0.25, -0.2) is 0 Å². The lowest BCUT2D eigenvalue weighted by molar-refractivity contribution is -0.136. The van der Waals surface area contributed by atoms with Crippen LogP contribution in [0.15, 0.2) is 24.3 Å². The first kappa shape index (κ1) is 16.3. The summed E-state index contributed by atoms with van der Waals surface area (Å²) in [6.07, 6.45) is 4.45. The van der Waals surface area contributed by atoms with Crippen LogP contribution in [-0.2, 0) is 11.3 Å². The van der Waals surface area contributed by atoms with Crippen molar-refractivity contribution in [2.75, 3.05) is 6.54 Å². The first-order valence-corrected chi connectivity index (χ1v) is 8.24. The molecule has 1 aromatic carbocycles. The fourth-order valence-corrected chi connectivity index (χ4v) is 3.00. The Morgan fingerprint density at radius 1 is 1.38 bits per heavy atom. The van der Waals surface area contributed by atoms with Crippen LogP contribution in [0.3, 0.4) is 0 Å². The molecule has 1 saturated heterocycles. The highest BCUT2D eigenvalue weighted by atomic mass is 35.5. The molecule has 1 heterocycles. The second kappa shape index (κ2) is 7.81. The van der Waals surface area contributed by atoms with Crippen molar-refractivity contribution in [3.05, 3.63) is 34.9 Å². The van der Waals surface area contributed by atoms with Crippen LogP contribution in [0.2, 0.25) is 5.02 Å². The Balaban J connectivity index is 2.08. The monoisotopic (exact) mass is 308 g/mol. The molecule has 21 heavy (non-hydrogen) atoms. The summed E-state index contributed by atoms with van der Waals surface area (Å²) in [5.41, 5.74) is 1.08. The number of carbonyl (C=O) groups excluding carboxylic acids is 1. The molecule has 0 saturated carbocycles. The average molecular weight is 309 g/mol. The zero-order chi connectivity index (χ0) is 15.2. The summed E-state index contributed by atoms with van der Waals surface area (Å²) in [5, 5.41) is 4.12. The Bertz CT molecular complexity index is 468. The molecule has 1 aromatic rings. The van der Waals surface area contributed by atoms with Gasteiger partial charge >= 0.3 is 0 Å². The number of amides is 1. The van der Waals surface area contributed by atoms with E-state index in [1.54, 1.807) is 0 Å². The van der Waals surface area contributed by atoms with Crippen molar-refractivity contribution < 1.29 is 4.79 Å². The molecule has 116 valence electrons. The van der Waals surface area contributed by atoms with E-state index in [9.17, 15) is 4.79 Å². The second-order valence-electron chi connectivity index (χ2n) is 6.05. The van der Waals surface area contributed by atoms with Crippen LogP contribution in [0.25, 0.3) is 0 Å². The lowest BCUT2D eigenvalue weighted by atomic mass is 10.1. The minimum absolute atomic E-state index is 0.0333. The van der Waals surface area contributed by atoms with Gasteiger partial charge in [0.15, 0.2) is 0 Å². The first-order valence-electron chi connectivity index (χ1n) is 7.86. The van der Waals surface area contributed by atoms with Crippen molar-refractivity contribution in [2.24, 2.45) is 0 Å². The lowest BCUT2D eigenvalue weighted by Crippen LogP contribution is -2.48. The van der Waals surface area contributed by atoms with E-state index in [4.69, 9.17) is 11.6 Å². The summed E-state index contributed by atoms with van der Waals surface area (Å²) in [5.74, 6) is 0.215. The highest BCUT2D eigenvalue weighted by molar-refractivity contribution is 6.30. The Morgan fingerprint density at radius 3 is 2.90 bits per heavy atom. The van der Waals surface area contributed by atoms with Crippen molar-refractivity contribution in [1.82, 2.24) is 10.2 Å². The number of nitrogens with zero attached hydrogens (tertiary/aromatic N) is 1. The highest BCUT2D eigenvalue weighted by Gasteiger charge is 2.26. The van der Waals surface area contributed by atoms with E-state index >= 15 is 0 Å². The number of halogens is 1. The van der Waals surface area contributed by atoms with Crippen LogP contribution >= 0.6 is 11.6 Å². The average Bonchev–Trinajstić information content (AvgIpc) is 2.73. The molecule has 0 bridgehead atoms. The zero-order valence-corrected chi connectivity index (χ0v) is 13.7. The maximum absolute atomic E-state index is 12.8. The molecule has 1 fully saturated rings. The van der Waals surface area contributed by atoms with Crippen molar-refractivity contribution in [3.8, 4) is 0 Å². The van der Waals surface area contributed by atoms with Gasteiger partial charge in [0, 0.05) is 17.6 Å². The molecule has 1 unspecified atom stereocenters. The Kier molecular flexibility index (Phi) is 6.07. The van der Waals surface area contributed by atoms with E-state index in [0.29, 0.717) is 6.54 Å². The second-order valence-corrected chi connectivity index (χ2v) is 6.48. The van der Waals surface area contributed by atoms with Crippen LogP contribution in [0.4, 0.5) is 0 Å². The van der Waals surface area contributed by atoms with Gasteiger partial charge < -0.3 is 10.2 Å². The standard InChI is InChI=1S/C17H25ClN2O/c1-13(2)20(12-14-7-6-8-15(18)11-14)17(21)16-9-4-3-5-10-19-16/h6-8,11,13,16,19H,3-5,9-10,12H2,1-2H3. The summed E-state index contributed by atoms with van der Waals surface area (Å²) in [6, 6.07) is 7.90. The minimum Gasteiger partial charge on any atom is -0.335 e. The third kappa shape index (κ3) is 4.72. The van der Waals surface area contributed by atoms with E-state index < -0.39 is 0 Å². The maximum atomic E-state index is 12.8. The van der Waals surface area contributed by atoms with Gasteiger partial charge in [0.2, 0.25) is 5.91 Å². The number of hydrogen-bond acceptors (Lipinski definition) is 2. The van der Waals surface area contributed by atoms with Crippen molar-refractivity contribution in [2.45, 2.75) is 58.2 Å². The maximum Gasteiger partial charge on any atom is 0.240 e. The summed E-state index contributed by atoms with van der Waals surface area (Å²) < 4.78 is 0. The molecule has 1 amide bonds. The van der Waals surface area contributed by atoms with Gasteiger partial charge in [-0.05, 0) is 50.9 Å². The quantitative estimate of drug-likeness (QED) is 0.921. The molecule has 1 atom stereocenters. The number of hydrogen-bond donors (Lipinski definition) is 1. The van der Waals surface area contributed by atoms with Crippen LogP contribution in [0.5, 0.6) is 0 Å². The van der Waals surface area contributed by atoms with Crippen LogP contribution < -0.4 is 5.32 Å². The molecular weight excluding hydrogens is 284 g/mol. The van der Waals surface area contributed by atoms with Gasteiger partial charge in [-0.1, -0.05) is 36.6 Å². The molecule has 0 aliphatic carbocycles. The van der Waals surface area contributed by atoms with Crippen molar-refractivity contribution in [3.63, 3.8) is 0 Å². The van der Waals surface area contributed by atoms with Gasteiger partial charge in [-0.15, -0.1) is 0 Å². The molecule has 2 rings (SSSR count). The SMILES string of the molecule is CC(C)N(Cc1cccc(Cl)c1)C(=O)C1CCCCCN1. The van der Waals surface area contributed by atoms with Crippen LogP contribution in [0, 0.1) is 0 Å². The van der Waals surface area contributed by atoms with Crippen molar-refractivity contribution >= 4 is 17.5 Å². The summed E-state index contributed by atoms with van der Waals surface area (Å²) >= 11 is 6.04. The molecule has 0 radical (unpaired) electrons. The van der Waals surface area contributed by atoms with E-state index in [2.05, 4.69) is 19.2 Å². The number of benzene rings is 1. The molecule has 0 aromatic heterocycles. The van der Waals surface area contributed by atoms with Gasteiger partial charge in [-0.2, -0.15) is 0 Å². The molecule has 3 nitrogen and oxygen atoms in total. The Labute approximate surface area is 132 Å². The molecule has 0 spiro atoms. The highest BCUT2D eigenvalue weighted by Crippen LogP contribution is 2.17. The van der Waals surface area contributed by atoms with Gasteiger partial charge in [0.25, 0.3) is 0 Å². The molecule has 4 heteroatoms. The normalized spacial score (nSPS) is 19.3. The molecule has 1 N–H and O–H groups in total. The number of carbonyl (C=O) groups is 1. The van der Waals surface area contributed by atoms with E-state index in [1.807, 2.05) is 29.2 Å². The van der Waals surface area contributed by atoms with Crippen LogP contribution in [-0.4, -0.2) is 29.4 Å². The molecular formula is C17H25ClN2O. The van der Waals surface area contributed by atoms with Gasteiger partial charge in [0.05, 0.1) is 6.04 Å². The van der Waals surface area contributed by atoms with Crippen LogP contribution in [0.1, 0.15) is 45.1 Å². The third-order valence-electron chi connectivity index (χ3n) is 4.01. The minimum atomic E-state index is -0.0333.